The number of carbonyl (C=O) groups excluding carboxylic acids is 1. The molecule has 0 radical (unpaired) electrons. The fraction of sp³-hybridized carbons (Fsp3) is 0.364. The van der Waals surface area contributed by atoms with E-state index in [2.05, 4.69) is 0 Å². The Morgan fingerprint density at radius 1 is 1.50 bits per heavy atom. The van der Waals surface area contributed by atoms with Crippen molar-refractivity contribution in [1.29, 1.82) is 0 Å². The number of hydrogen-bond acceptors (Lipinski definition) is 2. The lowest BCUT2D eigenvalue weighted by atomic mass is 10.1. The topological polar surface area (TPSA) is 46.3 Å². The molecule has 0 spiro atoms. The number of carbonyl (C=O) groups is 1. The van der Waals surface area contributed by atoms with Crippen molar-refractivity contribution in [2.24, 2.45) is 0 Å². The summed E-state index contributed by atoms with van der Waals surface area (Å²) < 4.78 is 24.2. The summed E-state index contributed by atoms with van der Waals surface area (Å²) in [5.74, 6) is -0.427. The van der Waals surface area contributed by atoms with Gasteiger partial charge in [0.25, 0.3) is 12.3 Å². The zero-order valence-electron chi connectivity index (χ0n) is 9.21. The molecule has 0 saturated heterocycles. The van der Waals surface area contributed by atoms with E-state index in [4.69, 9.17) is 5.73 Å². The summed E-state index contributed by atoms with van der Waals surface area (Å²) in [4.78, 5) is 12.7. The molecular weight excluding hydrogens is 214 g/mol. The molecule has 0 bridgehead atoms. The van der Waals surface area contributed by atoms with Gasteiger partial charge in [-0.25, -0.2) is 8.78 Å². The number of nitrogens with two attached hydrogens (primary N) is 1. The first-order chi connectivity index (χ1) is 7.41. The maximum atomic E-state index is 12.1. The van der Waals surface area contributed by atoms with Crippen LogP contribution in [0.25, 0.3) is 0 Å². The van der Waals surface area contributed by atoms with Crippen molar-refractivity contribution >= 4 is 11.6 Å². The Balaban J connectivity index is 2.84. The van der Waals surface area contributed by atoms with Crippen LogP contribution in [0.3, 0.4) is 0 Å². The van der Waals surface area contributed by atoms with Crippen LogP contribution in [0, 0.1) is 6.92 Å². The molecule has 0 aliphatic rings. The summed E-state index contributed by atoms with van der Waals surface area (Å²) in [7, 11) is 1.35. The fourth-order valence-corrected chi connectivity index (χ4v) is 1.32. The highest BCUT2D eigenvalue weighted by molar-refractivity contribution is 5.94. The lowest BCUT2D eigenvalue weighted by molar-refractivity contribution is 0.0620. The molecule has 0 saturated carbocycles. The lowest BCUT2D eigenvalue weighted by Gasteiger charge is -2.16. The van der Waals surface area contributed by atoms with Gasteiger partial charge in [-0.15, -0.1) is 0 Å². The number of alkyl halides is 2. The van der Waals surface area contributed by atoms with Crippen LogP contribution >= 0.6 is 0 Å². The number of rotatable bonds is 3. The average molecular weight is 228 g/mol. The average Bonchev–Trinajstić information content (AvgIpc) is 2.20. The first-order valence-corrected chi connectivity index (χ1v) is 4.81. The van der Waals surface area contributed by atoms with Crippen LogP contribution in [0.15, 0.2) is 18.2 Å². The lowest BCUT2D eigenvalue weighted by Crippen LogP contribution is -2.31. The standard InChI is InChI=1S/C11H14F2N2O/c1-7-5-8(3-4-9(7)14)11(16)15(2)6-10(12)13/h3-5,10H,6,14H2,1-2H3. The summed E-state index contributed by atoms with van der Waals surface area (Å²) in [6.45, 7) is 1.20. The maximum absolute atomic E-state index is 12.1. The van der Waals surface area contributed by atoms with Gasteiger partial charge in [0.2, 0.25) is 0 Å². The van der Waals surface area contributed by atoms with E-state index in [1.807, 2.05) is 0 Å². The highest BCUT2D eigenvalue weighted by Crippen LogP contribution is 2.14. The zero-order chi connectivity index (χ0) is 12.3. The molecule has 5 heteroatoms. The summed E-state index contributed by atoms with van der Waals surface area (Å²) in [6.07, 6.45) is -2.52. The number of aryl methyl sites for hydroxylation is 1. The highest BCUT2D eigenvalue weighted by atomic mass is 19.3. The molecule has 0 fully saturated rings. The molecule has 0 aliphatic carbocycles. The van der Waals surface area contributed by atoms with Crippen LogP contribution in [0.2, 0.25) is 0 Å². The second kappa shape index (κ2) is 4.92. The van der Waals surface area contributed by atoms with Crippen LogP contribution in [0.1, 0.15) is 15.9 Å². The van der Waals surface area contributed by atoms with Gasteiger partial charge in [0.05, 0.1) is 6.54 Å². The molecule has 0 aliphatic heterocycles. The Labute approximate surface area is 92.8 Å². The minimum Gasteiger partial charge on any atom is -0.399 e. The van der Waals surface area contributed by atoms with Gasteiger partial charge in [0.1, 0.15) is 0 Å². The number of halogens is 2. The Morgan fingerprint density at radius 3 is 2.62 bits per heavy atom. The Hall–Kier alpha value is -1.65. The quantitative estimate of drug-likeness (QED) is 0.803. The van der Waals surface area contributed by atoms with E-state index in [0.29, 0.717) is 11.3 Å². The van der Waals surface area contributed by atoms with E-state index in [1.54, 1.807) is 19.1 Å². The molecule has 1 aromatic rings. The van der Waals surface area contributed by atoms with Crippen molar-refractivity contribution in [3.05, 3.63) is 29.3 Å². The summed E-state index contributed by atoms with van der Waals surface area (Å²) in [5, 5.41) is 0. The summed E-state index contributed by atoms with van der Waals surface area (Å²) >= 11 is 0. The molecule has 1 aromatic carbocycles. The normalized spacial score (nSPS) is 10.6. The fourth-order valence-electron chi connectivity index (χ4n) is 1.32. The minimum absolute atomic E-state index is 0.370. The van der Waals surface area contributed by atoms with Gasteiger partial charge in [-0.05, 0) is 30.7 Å². The molecule has 16 heavy (non-hydrogen) atoms. The molecular formula is C11H14F2N2O. The number of hydrogen-bond donors (Lipinski definition) is 1. The number of amides is 1. The van der Waals surface area contributed by atoms with Crippen molar-refractivity contribution in [1.82, 2.24) is 4.90 Å². The molecule has 0 heterocycles. The maximum Gasteiger partial charge on any atom is 0.255 e. The molecule has 1 rings (SSSR count). The van der Waals surface area contributed by atoms with Crippen molar-refractivity contribution < 1.29 is 13.6 Å². The highest BCUT2D eigenvalue weighted by Gasteiger charge is 2.15. The van der Waals surface area contributed by atoms with Crippen LogP contribution in [0.5, 0.6) is 0 Å². The first kappa shape index (κ1) is 12.4. The minimum atomic E-state index is -2.52. The monoisotopic (exact) mass is 228 g/mol. The van der Waals surface area contributed by atoms with Crippen LogP contribution < -0.4 is 5.73 Å². The SMILES string of the molecule is Cc1cc(C(=O)N(C)CC(F)F)ccc1N. The number of benzene rings is 1. The predicted molar refractivity (Wildman–Crippen MR) is 58.6 cm³/mol. The zero-order valence-corrected chi connectivity index (χ0v) is 9.21. The third kappa shape index (κ3) is 2.92. The van der Waals surface area contributed by atoms with Crippen molar-refractivity contribution in [3.63, 3.8) is 0 Å². The van der Waals surface area contributed by atoms with Crippen molar-refractivity contribution in [2.75, 3.05) is 19.3 Å². The van der Waals surface area contributed by atoms with E-state index in [9.17, 15) is 13.6 Å². The van der Waals surface area contributed by atoms with Crippen LogP contribution in [-0.4, -0.2) is 30.8 Å². The summed E-state index contributed by atoms with van der Waals surface area (Å²) in [6, 6.07) is 4.73. The number of nitrogens with zero attached hydrogens (tertiary/aromatic N) is 1. The van der Waals surface area contributed by atoms with Gasteiger partial charge in [-0.2, -0.15) is 0 Å². The predicted octanol–water partition coefficient (Wildman–Crippen LogP) is 1.91. The Kier molecular flexibility index (Phi) is 3.82. The molecule has 88 valence electrons. The molecule has 0 unspecified atom stereocenters. The van der Waals surface area contributed by atoms with Crippen molar-refractivity contribution in [3.8, 4) is 0 Å². The van der Waals surface area contributed by atoms with Gasteiger partial charge in [-0.3, -0.25) is 4.79 Å². The van der Waals surface area contributed by atoms with Crippen LogP contribution in [-0.2, 0) is 0 Å². The number of nitrogen functional groups attached to an aromatic ring is 1. The molecule has 2 N–H and O–H groups in total. The van der Waals surface area contributed by atoms with E-state index in [1.165, 1.54) is 13.1 Å². The van der Waals surface area contributed by atoms with Gasteiger partial charge in [-0.1, -0.05) is 0 Å². The van der Waals surface area contributed by atoms with E-state index in [-0.39, 0.29) is 0 Å². The molecule has 3 nitrogen and oxygen atoms in total. The van der Waals surface area contributed by atoms with Gasteiger partial charge in [0.15, 0.2) is 0 Å². The Morgan fingerprint density at radius 2 is 2.12 bits per heavy atom. The third-order valence-electron chi connectivity index (χ3n) is 2.28. The second-order valence-corrected chi connectivity index (χ2v) is 3.65. The summed E-state index contributed by atoms with van der Waals surface area (Å²) in [5.41, 5.74) is 7.31. The van der Waals surface area contributed by atoms with Gasteiger partial charge < -0.3 is 10.6 Å². The van der Waals surface area contributed by atoms with E-state index >= 15 is 0 Å². The molecule has 0 aromatic heterocycles. The first-order valence-electron chi connectivity index (χ1n) is 4.81. The van der Waals surface area contributed by atoms with Crippen molar-refractivity contribution in [2.45, 2.75) is 13.3 Å². The van der Waals surface area contributed by atoms with Gasteiger partial charge in [0, 0.05) is 18.3 Å². The van der Waals surface area contributed by atoms with Gasteiger partial charge >= 0.3 is 0 Å². The van der Waals surface area contributed by atoms with Crippen LogP contribution in [0.4, 0.5) is 14.5 Å². The van der Waals surface area contributed by atoms with E-state index in [0.717, 1.165) is 10.5 Å². The van der Waals surface area contributed by atoms with E-state index < -0.39 is 18.9 Å². The number of anilines is 1. The smallest absolute Gasteiger partial charge is 0.255 e. The second-order valence-electron chi connectivity index (χ2n) is 3.65. The molecule has 1 amide bonds. The largest absolute Gasteiger partial charge is 0.399 e. The third-order valence-corrected chi connectivity index (χ3v) is 2.28. The molecule has 0 atom stereocenters. The Bertz CT molecular complexity index is 394.